The standard InChI is InChI=1S/C8H15F3N2O/c1-3-5(2)14-4-6(7(12)13)8(9,10)11/h5-6H,3-4H2,1-2H3,(H3,12,13). The molecule has 3 nitrogen and oxygen atoms in total. The average Bonchev–Trinajstić information content (AvgIpc) is 2.01. The van der Waals surface area contributed by atoms with Gasteiger partial charge in [-0.3, -0.25) is 5.41 Å². The van der Waals surface area contributed by atoms with Crippen molar-refractivity contribution < 1.29 is 17.9 Å². The first kappa shape index (κ1) is 13.2. The van der Waals surface area contributed by atoms with Crippen LogP contribution in [0.3, 0.4) is 0 Å². The second-order valence-corrected chi connectivity index (χ2v) is 3.10. The summed E-state index contributed by atoms with van der Waals surface area (Å²) in [5, 5.41) is 6.79. The van der Waals surface area contributed by atoms with E-state index in [1.165, 1.54) is 0 Å². The van der Waals surface area contributed by atoms with E-state index < -0.39 is 24.5 Å². The average molecular weight is 212 g/mol. The number of hydrogen-bond acceptors (Lipinski definition) is 2. The number of hydrogen-bond donors (Lipinski definition) is 2. The van der Waals surface area contributed by atoms with Gasteiger partial charge in [-0.25, -0.2) is 0 Å². The lowest BCUT2D eigenvalue weighted by atomic mass is 10.1. The van der Waals surface area contributed by atoms with Gasteiger partial charge in [0, 0.05) is 0 Å². The Morgan fingerprint density at radius 1 is 1.50 bits per heavy atom. The smallest absolute Gasteiger partial charge is 0.387 e. The summed E-state index contributed by atoms with van der Waals surface area (Å²) in [6.45, 7) is 2.91. The van der Waals surface area contributed by atoms with E-state index in [2.05, 4.69) is 0 Å². The minimum absolute atomic E-state index is 0.251. The van der Waals surface area contributed by atoms with Gasteiger partial charge in [-0.2, -0.15) is 13.2 Å². The lowest BCUT2D eigenvalue weighted by molar-refractivity contribution is -0.171. The minimum atomic E-state index is -4.50. The van der Waals surface area contributed by atoms with Gasteiger partial charge in [0.05, 0.1) is 12.7 Å². The van der Waals surface area contributed by atoms with Crippen LogP contribution in [0.15, 0.2) is 0 Å². The molecular formula is C8H15F3N2O. The van der Waals surface area contributed by atoms with Crippen molar-refractivity contribution in [2.75, 3.05) is 6.61 Å². The SMILES string of the molecule is CCC(C)OCC(C(=N)N)C(F)(F)F. The predicted octanol–water partition coefficient (Wildman–Crippen LogP) is 1.92. The molecule has 0 aliphatic heterocycles. The molecule has 2 atom stereocenters. The Morgan fingerprint density at radius 3 is 2.29 bits per heavy atom. The van der Waals surface area contributed by atoms with Gasteiger partial charge in [-0.15, -0.1) is 0 Å². The molecule has 0 aromatic heterocycles. The Balaban J connectivity index is 4.19. The van der Waals surface area contributed by atoms with Gasteiger partial charge in [0.2, 0.25) is 0 Å². The Kier molecular flexibility index (Phi) is 4.90. The second kappa shape index (κ2) is 5.19. The van der Waals surface area contributed by atoms with Crippen LogP contribution in [0.4, 0.5) is 13.2 Å². The van der Waals surface area contributed by atoms with Gasteiger partial charge in [-0.05, 0) is 13.3 Å². The molecular weight excluding hydrogens is 197 g/mol. The summed E-state index contributed by atoms with van der Waals surface area (Å²) in [4.78, 5) is 0. The third-order valence-corrected chi connectivity index (χ3v) is 1.89. The lowest BCUT2D eigenvalue weighted by Gasteiger charge is -2.20. The van der Waals surface area contributed by atoms with Gasteiger partial charge < -0.3 is 10.5 Å². The maximum absolute atomic E-state index is 12.2. The van der Waals surface area contributed by atoms with Gasteiger partial charge in [0.15, 0.2) is 0 Å². The van der Waals surface area contributed by atoms with Crippen LogP contribution in [0.25, 0.3) is 0 Å². The van der Waals surface area contributed by atoms with Crippen molar-refractivity contribution in [3.63, 3.8) is 0 Å². The summed E-state index contributed by atoms with van der Waals surface area (Å²) >= 11 is 0. The number of nitrogens with one attached hydrogen (secondary N) is 1. The number of amidine groups is 1. The van der Waals surface area contributed by atoms with E-state index >= 15 is 0 Å². The molecule has 0 bridgehead atoms. The zero-order chi connectivity index (χ0) is 11.4. The number of nitrogens with two attached hydrogens (primary N) is 1. The van der Waals surface area contributed by atoms with Crippen molar-refractivity contribution >= 4 is 5.84 Å². The summed E-state index contributed by atoms with van der Waals surface area (Å²) in [6.07, 6.45) is -4.12. The fourth-order valence-electron chi connectivity index (χ4n) is 0.739. The van der Waals surface area contributed by atoms with Crippen molar-refractivity contribution in [2.24, 2.45) is 11.7 Å². The van der Waals surface area contributed by atoms with Crippen molar-refractivity contribution in [2.45, 2.75) is 32.5 Å². The molecule has 0 saturated carbocycles. The Bertz CT molecular complexity index is 194. The minimum Gasteiger partial charge on any atom is -0.387 e. The molecule has 2 unspecified atom stereocenters. The van der Waals surface area contributed by atoms with Crippen LogP contribution in [0.1, 0.15) is 20.3 Å². The highest BCUT2D eigenvalue weighted by Gasteiger charge is 2.42. The summed E-state index contributed by atoms with van der Waals surface area (Å²) in [6, 6.07) is 0. The van der Waals surface area contributed by atoms with Gasteiger partial charge in [-0.1, -0.05) is 6.92 Å². The van der Waals surface area contributed by atoms with Gasteiger partial charge in [0.25, 0.3) is 0 Å². The molecule has 0 spiro atoms. The number of ether oxygens (including phenoxy) is 1. The van der Waals surface area contributed by atoms with Crippen LogP contribution in [-0.4, -0.2) is 24.7 Å². The van der Waals surface area contributed by atoms with Crippen molar-refractivity contribution in [1.29, 1.82) is 5.41 Å². The molecule has 3 N–H and O–H groups in total. The Morgan fingerprint density at radius 2 is 2.00 bits per heavy atom. The molecule has 14 heavy (non-hydrogen) atoms. The highest BCUT2D eigenvalue weighted by molar-refractivity contribution is 5.80. The molecule has 0 aliphatic rings. The fourth-order valence-corrected chi connectivity index (χ4v) is 0.739. The van der Waals surface area contributed by atoms with E-state index in [1.54, 1.807) is 13.8 Å². The molecule has 0 radical (unpaired) electrons. The maximum Gasteiger partial charge on any atom is 0.400 e. The van der Waals surface area contributed by atoms with Crippen molar-refractivity contribution in [3.8, 4) is 0 Å². The second-order valence-electron chi connectivity index (χ2n) is 3.10. The first-order chi connectivity index (χ1) is 6.29. The lowest BCUT2D eigenvalue weighted by Crippen LogP contribution is -2.39. The monoisotopic (exact) mass is 212 g/mol. The predicted molar refractivity (Wildman–Crippen MR) is 47.2 cm³/mol. The van der Waals surface area contributed by atoms with E-state index in [9.17, 15) is 13.2 Å². The topological polar surface area (TPSA) is 59.1 Å². The number of rotatable bonds is 5. The summed E-state index contributed by atoms with van der Waals surface area (Å²) in [5.74, 6) is -2.89. The van der Waals surface area contributed by atoms with Crippen LogP contribution < -0.4 is 5.73 Å². The summed E-state index contributed by atoms with van der Waals surface area (Å²) < 4.78 is 41.6. The Labute approximate surface area is 80.9 Å². The molecule has 0 rings (SSSR count). The highest BCUT2D eigenvalue weighted by Crippen LogP contribution is 2.26. The van der Waals surface area contributed by atoms with Crippen LogP contribution in [0.5, 0.6) is 0 Å². The van der Waals surface area contributed by atoms with Gasteiger partial charge >= 0.3 is 6.18 Å². The third-order valence-electron chi connectivity index (χ3n) is 1.89. The first-order valence-electron chi connectivity index (χ1n) is 4.31. The quantitative estimate of drug-likeness (QED) is 0.540. The molecule has 0 heterocycles. The fraction of sp³-hybridized carbons (Fsp3) is 0.875. The Hall–Kier alpha value is -0.780. The summed E-state index contributed by atoms with van der Waals surface area (Å²) in [5.41, 5.74) is 4.83. The van der Waals surface area contributed by atoms with Crippen LogP contribution >= 0.6 is 0 Å². The van der Waals surface area contributed by atoms with Crippen molar-refractivity contribution in [3.05, 3.63) is 0 Å². The molecule has 0 saturated heterocycles. The molecule has 0 aliphatic carbocycles. The van der Waals surface area contributed by atoms with Gasteiger partial charge in [0.1, 0.15) is 11.8 Å². The molecule has 6 heteroatoms. The largest absolute Gasteiger partial charge is 0.400 e. The van der Waals surface area contributed by atoms with E-state index in [0.717, 1.165) is 0 Å². The molecule has 0 aromatic carbocycles. The molecule has 0 fully saturated rings. The molecule has 84 valence electrons. The zero-order valence-electron chi connectivity index (χ0n) is 8.19. The normalized spacial score (nSPS) is 16.4. The molecule has 0 aromatic rings. The van der Waals surface area contributed by atoms with Crippen LogP contribution in [0.2, 0.25) is 0 Å². The van der Waals surface area contributed by atoms with E-state index in [4.69, 9.17) is 15.9 Å². The van der Waals surface area contributed by atoms with Crippen LogP contribution in [0, 0.1) is 11.3 Å². The van der Waals surface area contributed by atoms with E-state index in [-0.39, 0.29) is 6.10 Å². The maximum atomic E-state index is 12.2. The van der Waals surface area contributed by atoms with Crippen LogP contribution in [-0.2, 0) is 4.74 Å². The molecule has 0 amide bonds. The highest BCUT2D eigenvalue weighted by atomic mass is 19.4. The van der Waals surface area contributed by atoms with E-state index in [0.29, 0.717) is 6.42 Å². The van der Waals surface area contributed by atoms with Crippen molar-refractivity contribution in [1.82, 2.24) is 0 Å². The van der Waals surface area contributed by atoms with E-state index in [1.807, 2.05) is 0 Å². The number of halogens is 3. The third kappa shape index (κ3) is 4.45. The number of alkyl halides is 3. The zero-order valence-corrected chi connectivity index (χ0v) is 8.19. The summed E-state index contributed by atoms with van der Waals surface area (Å²) in [7, 11) is 0. The first-order valence-corrected chi connectivity index (χ1v) is 4.31.